The molecule has 0 spiro atoms. The van der Waals surface area contributed by atoms with Gasteiger partial charge < -0.3 is 10.2 Å². The maximum atomic E-state index is 11.9. The van der Waals surface area contributed by atoms with Gasteiger partial charge in [0, 0.05) is 25.9 Å². The van der Waals surface area contributed by atoms with Crippen LogP contribution in [0.5, 0.6) is 0 Å². The highest BCUT2D eigenvalue weighted by Crippen LogP contribution is 2.17. The minimum absolute atomic E-state index is 0.120. The number of nitrogens with one attached hydrogen (secondary N) is 2. The van der Waals surface area contributed by atoms with Gasteiger partial charge in [-0.3, -0.25) is 10.00 Å². The predicted octanol–water partition coefficient (Wildman–Crippen LogP) is 2.15. The second-order valence-corrected chi connectivity index (χ2v) is 5.60. The van der Waals surface area contributed by atoms with Crippen molar-refractivity contribution in [3.8, 4) is 0 Å². The number of carbonyl (C=O) groups excluding carboxylic acids is 1. The Morgan fingerprint density at radius 2 is 1.95 bits per heavy atom. The second kappa shape index (κ2) is 7.09. The van der Waals surface area contributed by atoms with Crippen molar-refractivity contribution in [3.05, 3.63) is 47.7 Å². The van der Waals surface area contributed by atoms with Crippen molar-refractivity contribution in [1.82, 2.24) is 20.0 Å². The lowest BCUT2D eigenvalue weighted by Gasteiger charge is -2.25. The molecule has 2 aromatic rings. The third-order valence-electron chi connectivity index (χ3n) is 3.50. The molecule has 6 heteroatoms. The van der Waals surface area contributed by atoms with E-state index in [1.54, 1.807) is 16.9 Å². The van der Waals surface area contributed by atoms with Crippen LogP contribution in [-0.2, 0) is 7.05 Å². The van der Waals surface area contributed by atoms with E-state index in [1.807, 2.05) is 21.1 Å². The van der Waals surface area contributed by atoms with Gasteiger partial charge in [0.25, 0.3) is 0 Å². The summed E-state index contributed by atoms with van der Waals surface area (Å²) in [6.45, 7) is 2.59. The second-order valence-electron chi connectivity index (χ2n) is 5.60. The minimum atomic E-state index is -0.252. The van der Waals surface area contributed by atoms with Crippen LogP contribution in [0, 0.1) is 6.92 Å². The molecule has 6 nitrogen and oxygen atoms in total. The van der Waals surface area contributed by atoms with Crippen LogP contribution < -0.4 is 10.6 Å². The molecule has 22 heavy (non-hydrogen) atoms. The molecule has 0 bridgehead atoms. The van der Waals surface area contributed by atoms with Crippen LogP contribution in [-0.4, -0.2) is 41.4 Å². The molecule has 0 aliphatic rings. The third kappa shape index (κ3) is 4.33. The number of rotatable bonds is 5. The maximum Gasteiger partial charge on any atom is 0.320 e. The normalized spacial score (nSPS) is 12.2. The zero-order valence-corrected chi connectivity index (χ0v) is 13.5. The number of amides is 2. The van der Waals surface area contributed by atoms with E-state index < -0.39 is 0 Å². The summed E-state index contributed by atoms with van der Waals surface area (Å²) in [7, 11) is 5.81. The Balaban J connectivity index is 1.94. The quantitative estimate of drug-likeness (QED) is 0.889. The first-order chi connectivity index (χ1) is 10.5. The number of benzene rings is 1. The van der Waals surface area contributed by atoms with Gasteiger partial charge in [-0.25, -0.2) is 4.79 Å². The molecule has 0 aliphatic heterocycles. The van der Waals surface area contributed by atoms with Gasteiger partial charge in [-0.1, -0.05) is 29.8 Å². The van der Waals surface area contributed by atoms with Gasteiger partial charge in [0.05, 0.1) is 6.04 Å². The molecule has 0 saturated heterocycles. The predicted molar refractivity (Wildman–Crippen MR) is 87.8 cm³/mol. The summed E-state index contributed by atoms with van der Waals surface area (Å²) in [4.78, 5) is 14.0. The summed E-state index contributed by atoms with van der Waals surface area (Å²) < 4.78 is 1.64. The fourth-order valence-corrected chi connectivity index (χ4v) is 2.22. The van der Waals surface area contributed by atoms with Crippen LogP contribution in [0.4, 0.5) is 10.6 Å². The van der Waals surface area contributed by atoms with E-state index in [0.29, 0.717) is 12.4 Å². The summed E-state index contributed by atoms with van der Waals surface area (Å²) in [5, 5.41) is 9.73. The first-order valence-electron chi connectivity index (χ1n) is 7.23. The van der Waals surface area contributed by atoms with Crippen molar-refractivity contribution in [1.29, 1.82) is 0 Å². The fourth-order valence-electron chi connectivity index (χ4n) is 2.22. The lowest BCUT2D eigenvalue weighted by atomic mass is 10.0. The average molecular weight is 301 g/mol. The first kappa shape index (κ1) is 16.0. The smallest absolute Gasteiger partial charge is 0.320 e. The molecule has 1 heterocycles. The summed E-state index contributed by atoms with van der Waals surface area (Å²) >= 11 is 0. The number of aryl methyl sites for hydroxylation is 2. The number of hydrogen-bond acceptors (Lipinski definition) is 3. The van der Waals surface area contributed by atoms with E-state index in [1.165, 1.54) is 11.1 Å². The van der Waals surface area contributed by atoms with Crippen molar-refractivity contribution in [2.24, 2.45) is 7.05 Å². The van der Waals surface area contributed by atoms with E-state index in [2.05, 4.69) is 51.8 Å². The van der Waals surface area contributed by atoms with Crippen LogP contribution >= 0.6 is 0 Å². The molecule has 1 aromatic heterocycles. The van der Waals surface area contributed by atoms with Crippen LogP contribution in [0.3, 0.4) is 0 Å². The molecule has 1 aromatic carbocycles. The summed E-state index contributed by atoms with van der Waals surface area (Å²) in [5.41, 5.74) is 2.40. The van der Waals surface area contributed by atoms with E-state index in [0.717, 1.165) is 0 Å². The number of anilines is 1. The summed E-state index contributed by atoms with van der Waals surface area (Å²) in [6.07, 6.45) is 1.78. The Labute approximate surface area is 131 Å². The van der Waals surface area contributed by atoms with Gasteiger partial charge in [-0.2, -0.15) is 5.10 Å². The highest BCUT2D eigenvalue weighted by atomic mass is 16.2. The monoisotopic (exact) mass is 301 g/mol. The Morgan fingerprint density at radius 3 is 2.50 bits per heavy atom. The molecule has 0 radical (unpaired) electrons. The van der Waals surface area contributed by atoms with E-state index in [9.17, 15) is 4.79 Å². The Kier molecular flexibility index (Phi) is 5.16. The first-order valence-corrected chi connectivity index (χ1v) is 7.23. The molecule has 0 fully saturated rings. The summed E-state index contributed by atoms with van der Waals surface area (Å²) in [5.74, 6) is 0.539. The molecule has 0 saturated carbocycles. The van der Waals surface area contributed by atoms with Crippen LogP contribution in [0.2, 0.25) is 0 Å². The molecule has 2 rings (SSSR count). The number of urea groups is 1. The molecular weight excluding hydrogens is 278 g/mol. The molecular formula is C16H23N5O. The molecule has 2 amide bonds. The van der Waals surface area contributed by atoms with Crippen molar-refractivity contribution < 1.29 is 4.79 Å². The summed E-state index contributed by atoms with van der Waals surface area (Å²) in [6, 6.07) is 9.98. The Hall–Kier alpha value is -2.34. The Bertz CT molecular complexity index is 618. The highest BCUT2D eigenvalue weighted by Gasteiger charge is 2.15. The number of likely N-dealkylation sites (N-methyl/N-ethyl adjacent to an activating group) is 1. The van der Waals surface area contributed by atoms with Gasteiger partial charge >= 0.3 is 6.03 Å². The molecule has 1 atom stereocenters. The number of aromatic nitrogens is 2. The number of carbonyl (C=O) groups is 1. The number of nitrogens with zero attached hydrogens (tertiary/aromatic N) is 3. The van der Waals surface area contributed by atoms with Gasteiger partial charge in [-0.15, -0.1) is 0 Å². The fraction of sp³-hybridized carbons (Fsp3) is 0.375. The third-order valence-corrected chi connectivity index (χ3v) is 3.50. The molecule has 0 unspecified atom stereocenters. The zero-order valence-electron chi connectivity index (χ0n) is 13.5. The molecule has 118 valence electrons. The topological polar surface area (TPSA) is 62.2 Å². The standard InChI is InChI=1S/C16H23N5O/c1-12-5-7-13(8-6-12)14(20(2)3)11-17-16(22)18-15-9-10-21(4)19-15/h5-10,14H,11H2,1-4H3,(H2,17,18,19,22)/t14-/m0/s1. The van der Waals surface area contributed by atoms with E-state index in [-0.39, 0.29) is 12.1 Å². The van der Waals surface area contributed by atoms with Gasteiger partial charge in [0.1, 0.15) is 0 Å². The van der Waals surface area contributed by atoms with Crippen molar-refractivity contribution in [3.63, 3.8) is 0 Å². The van der Waals surface area contributed by atoms with Gasteiger partial charge in [0.2, 0.25) is 0 Å². The van der Waals surface area contributed by atoms with Gasteiger partial charge in [-0.05, 0) is 26.6 Å². The highest BCUT2D eigenvalue weighted by molar-refractivity contribution is 5.88. The number of hydrogen-bond donors (Lipinski definition) is 2. The van der Waals surface area contributed by atoms with E-state index in [4.69, 9.17) is 0 Å². The zero-order chi connectivity index (χ0) is 16.1. The lowest BCUT2D eigenvalue weighted by Crippen LogP contribution is -2.37. The van der Waals surface area contributed by atoms with Crippen molar-refractivity contribution in [2.45, 2.75) is 13.0 Å². The van der Waals surface area contributed by atoms with Crippen LogP contribution in [0.1, 0.15) is 17.2 Å². The van der Waals surface area contributed by atoms with Crippen LogP contribution in [0.15, 0.2) is 36.5 Å². The van der Waals surface area contributed by atoms with E-state index >= 15 is 0 Å². The molecule has 2 N–H and O–H groups in total. The average Bonchev–Trinajstić information content (AvgIpc) is 2.86. The van der Waals surface area contributed by atoms with Gasteiger partial charge in [0.15, 0.2) is 5.82 Å². The largest absolute Gasteiger partial charge is 0.336 e. The Morgan fingerprint density at radius 1 is 1.27 bits per heavy atom. The van der Waals surface area contributed by atoms with Crippen LogP contribution in [0.25, 0.3) is 0 Å². The van der Waals surface area contributed by atoms with Crippen molar-refractivity contribution >= 4 is 11.8 Å². The molecule has 0 aliphatic carbocycles. The lowest BCUT2D eigenvalue weighted by molar-refractivity contribution is 0.243. The maximum absolute atomic E-state index is 11.9. The van der Waals surface area contributed by atoms with Crippen molar-refractivity contribution in [2.75, 3.05) is 26.0 Å². The SMILES string of the molecule is Cc1ccc([C@H](CNC(=O)Nc2ccn(C)n2)N(C)C)cc1. The minimum Gasteiger partial charge on any atom is -0.336 e.